The number of aryl methyl sites for hydroxylation is 1. The lowest BCUT2D eigenvalue weighted by Crippen LogP contribution is -2.30. The van der Waals surface area contributed by atoms with Gasteiger partial charge in [0.05, 0.1) is 12.0 Å². The van der Waals surface area contributed by atoms with Crippen LogP contribution in [0.25, 0.3) is 21.9 Å². The molecule has 0 unspecified atom stereocenters. The summed E-state index contributed by atoms with van der Waals surface area (Å²) in [5.74, 6) is -0.140. The second kappa shape index (κ2) is 9.75. The number of hydrogen-bond donors (Lipinski definition) is 3. The molecule has 0 atom stereocenters. The van der Waals surface area contributed by atoms with Crippen LogP contribution < -0.4 is 16.4 Å². The van der Waals surface area contributed by atoms with Crippen LogP contribution in [0.5, 0.6) is 0 Å². The van der Waals surface area contributed by atoms with E-state index in [0.717, 1.165) is 33.0 Å². The zero-order valence-corrected chi connectivity index (χ0v) is 19.6. The second-order valence-electron chi connectivity index (χ2n) is 8.68. The lowest BCUT2D eigenvalue weighted by molar-refractivity contribution is -0.115. The summed E-state index contributed by atoms with van der Waals surface area (Å²) in [4.78, 5) is 29.4. The lowest BCUT2D eigenvalue weighted by atomic mass is 9.99. The molecule has 0 spiro atoms. The molecule has 0 aliphatic carbocycles. The minimum absolute atomic E-state index is 0.00550. The SMILES string of the molecule is Cc1cc(NC(=O)Cc2cccc3ccccc23)ccc1-c1cnc(N)c(C(=O)NC(C)C)c1. The van der Waals surface area contributed by atoms with Crippen molar-refractivity contribution in [2.45, 2.75) is 33.2 Å². The number of pyridine rings is 1. The molecule has 6 heteroatoms. The lowest BCUT2D eigenvalue weighted by Gasteiger charge is -2.13. The van der Waals surface area contributed by atoms with Crippen LogP contribution in [-0.2, 0) is 11.2 Å². The number of anilines is 2. The molecule has 4 N–H and O–H groups in total. The number of carbonyl (C=O) groups excluding carboxylic acids is 2. The smallest absolute Gasteiger partial charge is 0.255 e. The van der Waals surface area contributed by atoms with E-state index in [-0.39, 0.29) is 23.7 Å². The third-order valence-electron chi connectivity index (χ3n) is 5.64. The second-order valence-corrected chi connectivity index (χ2v) is 8.68. The van der Waals surface area contributed by atoms with Gasteiger partial charge in [-0.1, -0.05) is 48.5 Å². The first kappa shape index (κ1) is 23.0. The summed E-state index contributed by atoms with van der Waals surface area (Å²) in [7, 11) is 0. The highest BCUT2D eigenvalue weighted by molar-refractivity contribution is 6.00. The molecule has 3 aromatic carbocycles. The topological polar surface area (TPSA) is 97.1 Å². The molecular formula is C28H28N4O2. The summed E-state index contributed by atoms with van der Waals surface area (Å²) in [6.07, 6.45) is 1.95. The van der Waals surface area contributed by atoms with E-state index in [0.29, 0.717) is 17.7 Å². The number of nitrogens with zero attached hydrogens (tertiary/aromatic N) is 1. The minimum Gasteiger partial charge on any atom is -0.383 e. The monoisotopic (exact) mass is 452 g/mol. The van der Waals surface area contributed by atoms with Crippen molar-refractivity contribution in [3.8, 4) is 11.1 Å². The average Bonchev–Trinajstić information content (AvgIpc) is 2.79. The molecule has 0 aliphatic rings. The van der Waals surface area contributed by atoms with Gasteiger partial charge >= 0.3 is 0 Å². The predicted molar refractivity (Wildman–Crippen MR) is 138 cm³/mol. The minimum atomic E-state index is -0.253. The van der Waals surface area contributed by atoms with Crippen molar-refractivity contribution in [3.05, 3.63) is 89.6 Å². The van der Waals surface area contributed by atoms with Gasteiger partial charge in [-0.3, -0.25) is 9.59 Å². The fourth-order valence-corrected chi connectivity index (χ4v) is 4.03. The van der Waals surface area contributed by atoms with Gasteiger partial charge in [0.25, 0.3) is 5.91 Å². The number of benzene rings is 3. The number of nitrogens with one attached hydrogen (secondary N) is 2. The van der Waals surface area contributed by atoms with E-state index < -0.39 is 0 Å². The van der Waals surface area contributed by atoms with Crippen LogP contribution >= 0.6 is 0 Å². The number of aromatic nitrogens is 1. The van der Waals surface area contributed by atoms with Crippen LogP contribution in [0.2, 0.25) is 0 Å². The number of fused-ring (bicyclic) bond motifs is 1. The summed E-state index contributed by atoms with van der Waals surface area (Å²) >= 11 is 0. The number of carbonyl (C=O) groups is 2. The first-order valence-electron chi connectivity index (χ1n) is 11.3. The van der Waals surface area contributed by atoms with Crippen LogP contribution in [0, 0.1) is 6.92 Å². The summed E-state index contributed by atoms with van der Waals surface area (Å²) in [6.45, 7) is 5.74. The maximum absolute atomic E-state index is 12.8. The fraction of sp³-hybridized carbons (Fsp3) is 0.179. The third-order valence-corrected chi connectivity index (χ3v) is 5.64. The largest absolute Gasteiger partial charge is 0.383 e. The van der Waals surface area contributed by atoms with Gasteiger partial charge < -0.3 is 16.4 Å². The molecule has 2 amide bonds. The van der Waals surface area contributed by atoms with E-state index in [1.54, 1.807) is 12.3 Å². The van der Waals surface area contributed by atoms with Gasteiger partial charge in [-0.15, -0.1) is 0 Å². The van der Waals surface area contributed by atoms with E-state index in [4.69, 9.17) is 5.73 Å². The third kappa shape index (κ3) is 5.07. The van der Waals surface area contributed by atoms with Gasteiger partial charge in [0, 0.05) is 23.5 Å². The summed E-state index contributed by atoms with van der Waals surface area (Å²) < 4.78 is 0. The van der Waals surface area contributed by atoms with Crippen molar-refractivity contribution >= 4 is 34.1 Å². The summed E-state index contributed by atoms with van der Waals surface area (Å²) in [5.41, 5.74) is 10.6. The van der Waals surface area contributed by atoms with Crippen LogP contribution in [0.4, 0.5) is 11.5 Å². The maximum Gasteiger partial charge on any atom is 0.255 e. The standard InChI is InChI=1S/C28H28N4O2/c1-17(2)31-28(34)25-14-21(16-30-27(25)29)23-12-11-22(13-18(23)3)32-26(33)15-20-9-6-8-19-7-4-5-10-24(19)20/h4-14,16-17H,15H2,1-3H3,(H2,29,30)(H,31,34)(H,32,33). The molecule has 172 valence electrons. The van der Waals surface area contributed by atoms with Crippen molar-refractivity contribution in [3.63, 3.8) is 0 Å². The first-order valence-corrected chi connectivity index (χ1v) is 11.3. The highest BCUT2D eigenvalue weighted by atomic mass is 16.2. The Morgan fingerprint density at radius 1 is 1.00 bits per heavy atom. The van der Waals surface area contributed by atoms with Gasteiger partial charge in [0.2, 0.25) is 5.91 Å². The highest BCUT2D eigenvalue weighted by Gasteiger charge is 2.15. The predicted octanol–water partition coefficient (Wildman–Crippen LogP) is 5.11. The van der Waals surface area contributed by atoms with Crippen LogP contribution in [0.15, 0.2) is 72.9 Å². The Morgan fingerprint density at radius 2 is 1.76 bits per heavy atom. The number of nitrogen functional groups attached to an aromatic ring is 1. The van der Waals surface area contributed by atoms with E-state index in [2.05, 4.69) is 15.6 Å². The van der Waals surface area contributed by atoms with Gasteiger partial charge in [-0.05, 0) is 66.4 Å². The molecule has 0 saturated carbocycles. The molecule has 4 rings (SSSR count). The van der Waals surface area contributed by atoms with E-state index in [1.165, 1.54) is 0 Å². The normalized spacial score (nSPS) is 10.9. The number of nitrogens with two attached hydrogens (primary N) is 1. The number of amides is 2. The zero-order valence-electron chi connectivity index (χ0n) is 19.6. The van der Waals surface area contributed by atoms with Crippen molar-refractivity contribution in [2.24, 2.45) is 0 Å². The van der Waals surface area contributed by atoms with Gasteiger partial charge in [-0.25, -0.2) is 4.98 Å². The quantitative estimate of drug-likeness (QED) is 0.379. The molecule has 1 heterocycles. The number of rotatable bonds is 6. The Balaban J connectivity index is 1.52. The van der Waals surface area contributed by atoms with Crippen LogP contribution in [-0.4, -0.2) is 22.8 Å². The Bertz CT molecular complexity index is 1370. The van der Waals surface area contributed by atoms with Crippen molar-refractivity contribution in [1.82, 2.24) is 10.3 Å². The molecule has 0 saturated heterocycles. The van der Waals surface area contributed by atoms with E-state index >= 15 is 0 Å². The molecule has 0 aliphatic heterocycles. The molecule has 4 aromatic rings. The van der Waals surface area contributed by atoms with Crippen molar-refractivity contribution in [1.29, 1.82) is 0 Å². The molecule has 6 nitrogen and oxygen atoms in total. The molecule has 0 radical (unpaired) electrons. The Labute approximate surface area is 199 Å². The van der Waals surface area contributed by atoms with E-state index in [1.807, 2.05) is 81.4 Å². The first-order chi connectivity index (χ1) is 16.3. The Morgan fingerprint density at radius 3 is 2.53 bits per heavy atom. The molecule has 0 fully saturated rings. The summed E-state index contributed by atoms with van der Waals surface area (Å²) in [5, 5.41) is 8.05. The van der Waals surface area contributed by atoms with Gasteiger partial charge in [0.1, 0.15) is 5.82 Å². The van der Waals surface area contributed by atoms with Crippen molar-refractivity contribution < 1.29 is 9.59 Å². The summed E-state index contributed by atoms with van der Waals surface area (Å²) in [6, 6.07) is 21.5. The zero-order chi connectivity index (χ0) is 24.2. The molecule has 0 bridgehead atoms. The van der Waals surface area contributed by atoms with Crippen molar-refractivity contribution in [2.75, 3.05) is 11.1 Å². The van der Waals surface area contributed by atoms with Gasteiger partial charge in [0.15, 0.2) is 0 Å². The van der Waals surface area contributed by atoms with Gasteiger partial charge in [-0.2, -0.15) is 0 Å². The van der Waals surface area contributed by atoms with Crippen LogP contribution in [0.3, 0.4) is 0 Å². The molecule has 1 aromatic heterocycles. The maximum atomic E-state index is 12.8. The Kier molecular flexibility index (Phi) is 6.59. The number of hydrogen-bond acceptors (Lipinski definition) is 4. The molecular weight excluding hydrogens is 424 g/mol. The van der Waals surface area contributed by atoms with E-state index in [9.17, 15) is 9.59 Å². The fourth-order valence-electron chi connectivity index (χ4n) is 4.03. The van der Waals surface area contributed by atoms with Crippen LogP contribution in [0.1, 0.15) is 35.3 Å². The Hall–Kier alpha value is -4.19. The highest BCUT2D eigenvalue weighted by Crippen LogP contribution is 2.28. The average molecular weight is 453 g/mol. The molecule has 34 heavy (non-hydrogen) atoms.